The molecule has 1 heterocycles. The Morgan fingerprint density at radius 3 is 2.79 bits per heavy atom. The first-order chi connectivity index (χ1) is 9.21. The smallest absolute Gasteiger partial charge is 0.153 e. The molecule has 0 bridgehead atoms. The Balaban J connectivity index is 2.61. The number of aldehydes is 1. The third kappa shape index (κ3) is 2.51. The molecule has 1 N–H and O–H groups in total. The predicted molar refractivity (Wildman–Crippen MR) is 81.6 cm³/mol. The highest BCUT2D eigenvalue weighted by atomic mass is 32.1. The van der Waals surface area contributed by atoms with Crippen molar-refractivity contribution in [1.82, 2.24) is 0 Å². The minimum atomic E-state index is 0.00510. The monoisotopic (exact) mass is 270 g/mol. The van der Waals surface area contributed by atoms with Crippen molar-refractivity contribution >= 4 is 29.8 Å². The SMILES string of the molecule is C=Cc1scc(-c2ccc(O)c(C=O)c2)c1/C=C\C. The van der Waals surface area contributed by atoms with Gasteiger partial charge in [0, 0.05) is 10.4 Å². The van der Waals surface area contributed by atoms with Crippen LogP contribution in [0.3, 0.4) is 0 Å². The second-order valence-electron chi connectivity index (χ2n) is 4.02. The van der Waals surface area contributed by atoms with Crippen molar-refractivity contribution in [1.29, 1.82) is 0 Å². The molecule has 0 spiro atoms. The number of benzene rings is 1. The quantitative estimate of drug-likeness (QED) is 0.824. The molecule has 1 aromatic heterocycles. The van der Waals surface area contributed by atoms with Crippen LogP contribution in [0, 0.1) is 0 Å². The van der Waals surface area contributed by atoms with Crippen LogP contribution >= 0.6 is 11.3 Å². The van der Waals surface area contributed by atoms with Crippen molar-refractivity contribution in [2.45, 2.75) is 6.92 Å². The molecule has 0 radical (unpaired) electrons. The number of allylic oxidation sites excluding steroid dienone is 1. The predicted octanol–water partition coefficient (Wildman–Crippen LogP) is 4.61. The average Bonchev–Trinajstić information content (AvgIpc) is 2.83. The summed E-state index contributed by atoms with van der Waals surface area (Å²) in [6.07, 6.45) is 6.48. The summed E-state index contributed by atoms with van der Waals surface area (Å²) in [5.74, 6) is 0.00510. The molecule has 2 aromatic rings. The minimum Gasteiger partial charge on any atom is -0.507 e. The van der Waals surface area contributed by atoms with Gasteiger partial charge in [0.25, 0.3) is 0 Å². The molecular weight excluding hydrogens is 256 g/mol. The maximum absolute atomic E-state index is 10.9. The molecule has 0 saturated carbocycles. The van der Waals surface area contributed by atoms with Gasteiger partial charge in [0.2, 0.25) is 0 Å². The zero-order valence-electron chi connectivity index (χ0n) is 10.6. The second kappa shape index (κ2) is 5.67. The zero-order chi connectivity index (χ0) is 13.8. The third-order valence-corrected chi connectivity index (χ3v) is 3.84. The highest BCUT2D eigenvalue weighted by molar-refractivity contribution is 7.11. The number of carbonyl (C=O) groups excluding carboxylic acids is 1. The van der Waals surface area contributed by atoms with E-state index in [1.807, 2.05) is 36.6 Å². The van der Waals surface area contributed by atoms with E-state index in [-0.39, 0.29) is 5.75 Å². The van der Waals surface area contributed by atoms with E-state index in [1.165, 1.54) is 0 Å². The number of phenolic OH excluding ortho intramolecular Hbond substituents is 1. The molecule has 3 heteroatoms. The highest BCUT2D eigenvalue weighted by Gasteiger charge is 2.11. The van der Waals surface area contributed by atoms with E-state index in [9.17, 15) is 9.90 Å². The molecule has 1 aromatic carbocycles. The molecule has 0 atom stereocenters. The largest absolute Gasteiger partial charge is 0.507 e. The number of rotatable bonds is 4. The summed E-state index contributed by atoms with van der Waals surface area (Å²) >= 11 is 1.61. The van der Waals surface area contributed by atoms with Crippen LogP contribution in [0.25, 0.3) is 23.3 Å². The summed E-state index contributed by atoms with van der Waals surface area (Å²) in [4.78, 5) is 12.0. The molecule has 0 aliphatic rings. The van der Waals surface area contributed by atoms with E-state index >= 15 is 0 Å². The minimum absolute atomic E-state index is 0.00510. The van der Waals surface area contributed by atoms with Crippen LogP contribution in [-0.2, 0) is 0 Å². The first kappa shape index (κ1) is 13.3. The lowest BCUT2D eigenvalue weighted by Gasteiger charge is -2.04. The Labute approximate surface area is 116 Å². The summed E-state index contributed by atoms with van der Waals surface area (Å²) in [5.41, 5.74) is 3.35. The number of aromatic hydroxyl groups is 1. The molecule has 0 fully saturated rings. The number of thiophene rings is 1. The van der Waals surface area contributed by atoms with Gasteiger partial charge in [-0.05, 0) is 35.6 Å². The summed E-state index contributed by atoms with van der Waals surface area (Å²) in [7, 11) is 0. The van der Waals surface area contributed by atoms with Gasteiger partial charge in [0.05, 0.1) is 5.56 Å². The Kier molecular flexibility index (Phi) is 3.97. The fourth-order valence-electron chi connectivity index (χ4n) is 1.92. The van der Waals surface area contributed by atoms with E-state index in [0.717, 1.165) is 21.6 Å². The van der Waals surface area contributed by atoms with Gasteiger partial charge in [0.1, 0.15) is 5.75 Å². The number of hydrogen-bond donors (Lipinski definition) is 1. The summed E-state index contributed by atoms with van der Waals surface area (Å²) in [6, 6.07) is 5.05. The van der Waals surface area contributed by atoms with E-state index in [2.05, 4.69) is 6.58 Å². The van der Waals surface area contributed by atoms with Crippen LogP contribution < -0.4 is 0 Å². The second-order valence-corrected chi connectivity index (χ2v) is 4.93. The Bertz CT molecular complexity index is 651. The van der Waals surface area contributed by atoms with Crippen molar-refractivity contribution in [3.05, 3.63) is 52.2 Å². The van der Waals surface area contributed by atoms with Crippen molar-refractivity contribution in [3.63, 3.8) is 0 Å². The van der Waals surface area contributed by atoms with E-state index in [4.69, 9.17) is 0 Å². The van der Waals surface area contributed by atoms with Gasteiger partial charge >= 0.3 is 0 Å². The molecule has 0 unspecified atom stereocenters. The fourth-order valence-corrected chi connectivity index (χ4v) is 2.83. The van der Waals surface area contributed by atoms with E-state index in [1.54, 1.807) is 23.5 Å². The lowest BCUT2D eigenvalue weighted by Crippen LogP contribution is -1.85. The van der Waals surface area contributed by atoms with Crippen LogP contribution in [0.5, 0.6) is 5.75 Å². The molecule has 0 amide bonds. The van der Waals surface area contributed by atoms with E-state index in [0.29, 0.717) is 11.8 Å². The van der Waals surface area contributed by atoms with Gasteiger partial charge in [-0.25, -0.2) is 0 Å². The Morgan fingerprint density at radius 2 is 2.16 bits per heavy atom. The third-order valence-electron chi connectivity index (χ3n) is 2.84. The van der Waals surface area contributed by atoms with Crippen LogP contribution in [-0.4, -0.2) is 11.4 Å². The summed E-state index contributed by atoms with van der Waals surface area (Å²) in [6.45, 7) is 5.77. The molecule has 2 nitrogen and oxygen atoms in total. The van der Waals surface area contributed by atoms with Gasteiger partial charge in [-0.2, -0.15) is 0 Å². The highest BCUT2D eigenvalue weighted by Crippen LogP contribution is 2.35. The van der Waals surface area contributed by atoms with Crippen LogP contribution in [0.15, 0.2) is 36.2 Å². The van der Waals surface area contributed by atoms with Crippen molar-refractivity contribution in [3.8, 4) is 16.9 Å². The molecule has 0 aliphatic heterocycles. The molecular formula is C16H14O2S. The fraction of sp³-hybridized carbons (Fsp3) is 0.0625. The average molecular weight is 270 g/mol. The van der Waals surface area contributed by atoms with Crippen LogP contribution in [0.2, 0.25) is 0 Å². The van der Waals surface area contributed by atoms with Gasteiger partial charge < -0.3 is 5.11 Å². The Morgan fingerprint density at radius 1 is 1.37 bits per heavy atom. The number of phenols is 1. The first-order valence-electron chi connectivity index (χ1n) is 5.86. The number of carbonyl (C=O) groups is 1. The van der Waals surface area contributed by atoms with E-state index < -0.39 is 0 Å². The first-order valence-corrected chi connectivity index (χ1v) is 6.74. The van der Waals surface area contributed by atoms with Gasteiger partial charge in [0.15, 0.2) is 6.29 Å². The van der Waals surface area contributed by atoms with Gasteiger partial charge in [-0.15, -0.1) is 11.3 Å². The number of hydrogen-bond acceptors (Lipinski definition) is 3. The topological polar surface area (TPSA) is 37.3 Å². The maximum Gasteiger partial charge on any atom is 0.153 e. The summed E-state index contributed by atoms with van der Waals surface area (Å²) in [5, 5.41) is 11.6. The molecule has 0 saturated heterocycles. The van der Waals surface area contributed by atoms with Crippen molar-refractivity contribution in [2.75, 3.05) is 0 Å². The van der Waals surface area contributed by atoms with Gasteiger partial charge in [-0.1, -0.05) is 30.9 Å². The molecule has 19 heavy (non-hydrogen) atoms. The lowest BCUT2D eigenvalue weighted by molar-refractivity contribution is 0.112. The van der Waals surface area contributed by atoms with Crippen molar-refractivity contribution < 1.29 is 9.90 Å². The standard InChI is InChI=1S/C16H14O2S/c1-3-5-13-14(10-19-16(13)4-2)11-6-7-15(18)12(8-11)9-17/h3-10,18H,2H2,1H3/b5-3-. The molecule has 2 rings (SSSR count). The molecule has 0 aliphatic carbocycles. The molecule has 96 valence electrons. The van der Waals surface area contributed by atoms with Crippen LogP contribution in [0.4, 0.5) is 0 Å². The Hall–Kier alpha value is -2.13. The van der Waals surface area contributed by atoms with Gasteiger partial charge in [-0.3, -0.25) is 4.79 Å². The maximum atomic E-state index is 10.9. The lowest BCUT2D eigenvalue weighted by atomic mass is 10.00. The zero-order valence-corrected chi connectivity index (χ0v) is 11.4. The van der Waals surface area contributed by atoms with Crippen molar-refractivity contribution in [2.24, 2.45) is 0 Å². The normalized spacial score (nSPS) is 10.8. The van der Waals surface area contributed by atoms with Crippen LogP contribution in [0.1, 0.15) is 27.7 Å². The summed E-state index contributed by atoms with van der Waals surface area (Å²) < 4.78 is 0.